The Morgan fingerprint density at radius 2 is 1.90 bits per heavy atom. The minimum Gasteiger partial charge on any atom is -0.493 e. The molecule has 0 saturated carbocycles. The van der Waals surface area contributed by atoms with E-state index in [0.29, 0.717) is 24.8 Å². The van der Waals surface area contributed by atoms with Crippen LogP contribution in [0.2, 0.25) is 0 Å². The monoisotopic (exact) mass is 419 g/mol. The molecular weight excluding hydrogens is 390 g/mol. The van der Waals surface area contributed by atoms with Crippen molar-refractivity contribution in [3.8, 4) is 11.5 Å². The third-order valence-electron chi connectivity index (χ3n) is 7.41. The molecule has 3 aliphatic rings. The second-order valence-electron chi connectivity index (χ2n) is 8.92. The van der Waals surface area contributed by atoms with Crippen LogP contribution in [0.25, 0.3) is 0 Å². The van der Waals surface area contributed by atoms with Gasteiger partial charge in [-0.2, -0.15) is 0 Å². The van der Waals surface area contributed by atoms with Crippen LogP contribution in [0.4, 0.5) is 0 Å². The van der Waals surface area contributed by atoms with Gasteiger partial charge in [0.2, 0.25) is 0 Å². The SMILES string of the molecule is COC1=C[C@@H]2[C@H]3Cc4ccc(OC)c(OCc5ccccc5)c4[C@@]2(CCN3C)CC1=O. The molecule has 2 bridgehead atoms. The number of ether oxygens (including phenoxy) is 3. The van der Waals surface area contributed by atoms with E-state index < -0.39 is 0 Å². The Bertz CT molecular complexity index is 1030. The Hall–Kier alpha value is -2.79. The van der Waals surface area contributed by atoms with Crippen LogP contribution in [0.3, 0.4) is 0 Å². The van der Waals surface area contributed by atoms with Crippen LogP contribution in [-0.4, -0.2) is 44.5 Å². The van der Waals surface area contributed by atoms with Gasteiger partial charge in [0.05, 0.1) is 14.2 Å². The molecule has 0 N–H and O–H groups in total. The highest BCUT2D eigenvalue weighted by Gasteiger charge is 2.56. The summed E-state index contributed by atoms with van der Waals surface area (Å²) >= 11 is 0. The van der Waals surface area contributed by atoms with E-state index in [1.165, 1.54) is 5.56 Å². The molecule has 0 unspecified atom stereocenters. The van der Waals surface area contributed by atoms with Gasteiger partial charge in [-0.1, -0.05) is 36.4 Å². The van der Waals surface area contributed by atoms with E-state index in [9.17, 15) is 4.79 Å². The van der Waals surface area contributed by atoms with Gasteiger partial charge in [0.15, 0.2) is 23.0 Å². The van der Waals surface area contributed by atoms with Gasteiger partial charge in [-0.25, -0.2) is 0 Å². The summed E-state index contributed by atoms with van der Waals surface area (Å²) in [6.07, 6.45) is 4.36. The summed E-state index contributed by atoms with van der Waals surface area (Å²) in [5.41, 5.74) is 3.25. The molecule has 1 saturated heterocycles. The standard InChI is InChI=1S/C26H29NO4/c1-27-12-11-26-15-21(28)23(30-3)14-19(26)20(27)13-18-9-10-22(29-2)25(24(18)26)31-16-17-7-5-4-6-8-17/h4-10,14,19-20H,11-13,15-16H2,1-3H3/t19-,20-,26+/m1/s1. The van der Waals surface area contributed by atoms with Crippen LogP contribution in [-0.2, 0) is 28.0 Å². The van der Waals surface area contributed by atoms with Crippen molar-refractivity contribution >= 4 is 5.78 Å². The number of methoxy groups -OCH3 is 2. The lowest BCUT2D eigenvalue weighted by Gasteiger charge is -2.56. The zero-order valence-electron chi connectivity index (χ0n) is 18.4. The predicted octanol–water partition coefficient (Wildman–Crippen LogP) is 3.89. The molecule has 2 aromatic rings. The third kappa shape index (κ3) is 3.14. The zero-order valence-corrected chi connectivity index (χ0v) is 18.4. The smallest absolute Gasteiger partial charge is 0.197 e. The number of allylic oxidation sites excluding steroid dienone is 1. The van der Waals surface area contributed by atoms with E-state index >= 15 is 0 Å². The fourth-order valence-corrected chi connectivity index (χ4v) is 5.88. The van der Waals surface area contributed by atoms with E-state index in [2.05, 4.69) is 36.2 Å². The van der Waals surface area contributed by atoms with Crippen molar-refractivity contribution in [2.75, 3.05) is 27.8 Å². The molecule has 2 aromatic carbocycles. The molecule has 2 aliphatic carbocycles. The lowest BCUT2D eigenvalue weighted by Crippen LogP contribution is -2.60. The number of Topliss-reactive ketones (excluding diaryl/α,β-unsaturated/α-hetero) is 1. The van der Waals surface area contributed by atoms with E-state index in [-0.39, 0.29) is 17.1 Å². The van der Waals surface area contributed by atoms with Crippen LogP contribution >= 0.6 is 0 Å². The molecule has 162 valence electrons. The molecule has 5 heteroatoms. The van der Waals surface area contributed by atoms with Crippen molar-refractivity contribution in [2.45, 2.75) is 37.3 Å². The van der Waals surface area contributed by atoms with Crippen molar-refractivity contribution in [1.29, 1.82) is 0 Å². The van der Waals surface area contributed by atoms with Gasteiger partial charge < -0.3 is 19.1 Å². The molecule has 1 fully saturated rings. The summed E-state index contributed by atoms with van der Waals surface area (Å²) < 4.78 is 17.7. The molecule has 1 aliphatic heterocycles. The Labute approximate surface area is 183 Å². The maximum atomic E-state index is 13.0. The molecule has 0 spiro atoms. The number of fused-ring (bicyclic) bond motifs is 1. The second-order valence-corrected chi connectivity index (χ2v) is 8.92. The van der Waals surface area contributed by atoms with Crippen molar-refractivity contribution in [3.63, 3.8) is 0 Å². The Morgan fingerprint density at radius 1 is 1.10 bits per heavy atom. The van der Waals surface area contributed by atoms with Crippen LogP contribution < -0.4 is 9.47 Å². The maximum Gasteiger partial charge on any atom is 0.197 e. The lowest BCUT2D eigenvalue weighted by atomic mass is 9.53. The molecule has 0 amide bonds. The van der Waals surface area contributed by atoms with E-state index in [4.69, 9.17) is 14.2 Å². The number of hydrogen-bond donors (Lipinski definition) is 0. The predicted molar refractivity (Wildman–Crippen MR) is 118 cm³/mol. The van der Waals surface area contributed by atoms with Gasteiger partial charge in [0.25, 0.3) is 0 Å². The topological polar surface area (TPSA) is 48.0 Å². The number of likely N-dealkylation sites (N-methyl/N-ethyl adjacent to an activating group) is 1. The Balaban J connectivity index is 1.65. The number of ketones is 1. The average molecular weight is 420 g/mol. The molecular formula is C26H29NO4. The van der Waals surface area contributed by atoms with Crippen molar-refractivity contribution < 1.29 is 19.0 Å². The summed E-state index contributed by atoms with van der Waals surface area (Å²) in [7, 11) is 5.46. The molecule has 3 atom stereocenters. The van der Waals surface area contributed by atoms with Crippen LogP contribution in [0.1, 0.15) is 29.5 Å². The number of carbonyl (C=O) groups is 1. The van der Waals surface area contributed by atoms with Gasteiger partial charge in [-0.15, -0.1) is 0 Å². The highest BCUT2D eigenvalue weighted by atomic mass is 16.5. The van der Waals surface area contributed by atoms with Gasteiger partial charge in [0, 0.05) is 29.4 Å². The molecule has 5 rings (SSSR count). The van der Waals surface area contributed by atoms with E-state index in [1.54, 1.807) is 14.2 Å². The zero-order chi connectivity index (χ0) is 21.6. The average Bonchev–Trinajstić information content (AvgIpc) is 2.79. The number of piperidine rings is 1. The Morgan fingerprint density at radius 3 is 2.65 bits per heavy atom. The molecule has 1 heterocycles. The first-order valence-corrected chi connectivity index (χ1v) is 10.9. The fraction of sp³-hybridized carbons (Fsp3) is 0.423. The van der Waals surface area contributed by atoms with E-state index in [1.807, 2.05) is 24.3 Å². The maximum absolute atomic E-state index is 13.0. The first-order chi connectivity index (χ1) is 15.1. The minimum atomic E-state index is -0.287. The van der Waals surface area contributed by atoms with Crippen LogP contribution in [0.15, 0.2) is 54.3 Å². The third-order valence-corrected chi connectivity index (χ3v) is 7.41. The highest BCUT2D eigenvalue weighted by Crippen LogP contribution is 2.58. The number of rotatable bonds is 5. The fourth-order valence-electron chi connectivity index (χ4n) is 5.88. The number of carbonyl (C=O) groups excluding carboxylic acids is 1. The van der Waals surface area contributed by atoms with Crippen LogP contribution in [0.5, 0.6) is 11.5 Å². The van der Waals surface area contributed by atoms with E-state index in [0.717, 1.165) is 42.0 Å². The van der Waals surface area contributed by atoms with Gasteiger partial charge in [-0.05, 0) is 49.7 Å². The molecule has 5 nitrogen and oxygen atoms in total. The second kappa shape index (κ2) is 7.72. The first-order valence-electron chi connectivity index (χ1n) is 10.9. The van der Waals surface area contributed by atoms with Crippen molar-refractivity contribution in [3.05, 3.63) is 71.0 Å². The molecule has 31 heavy (non-hydrogen) atoms. The van der Waals surface area contributed by atoms with Gasteiger partial charge in [0.1, 0.15) is 6.61 Å². The van der Waals surface area contributed by atoms with Crippen LogP contribution in [0, 0.1) is 5.92 Å². The summed E-state index contributed by atoms with van der Waals surface area (Å²) in [6, 6.07) is 14.7. The van der Waals surface area contributed by atoms with Crippen molar-refractivity contribution in [2.24, 2.45) is 5.92 Å². The summed E-state index contributed by atoms with van der Waals surface area (Å²) in [5.74, 6) is 2.30. The van der Waals surface area contributed by atoms with Crippen molar-refractivity contribution in [1.82, 2.24) is 4.90 Å². The highest BCUT2D eigenvalue weighted by molar-refractivity contribution is 5.96. The number of benzene rings is 2. The van der Waals surface area contributed by atoms with Gasteiger partial charge in [-0.3, -0.25) is 4.79 Å². The molecule has 0 radical (unpaired) electrons. The normalized spacial score (nSPS) is 27.1. The first kappa shape index (κ1) is 20.1. The minimum absolute atomic E-state index is 0.0757. The quantitative estimate of drug-likeness (QED) is 0.736. The number of hydrogen-bond acceptors (Lipinski definition) is 5. The molecule has 0 aromatic heterocycles. The Kier molecular flexibility index (Phi) is 5.01. The lowest BCUT2D eigenvalue weighted by molar-refractivity contribution is -0.122. The summed E-state index contributed by atoms with van der Waals surface area (Å²) in [5, 5.41) is 0. The summed E-state index contributed by atoms with van der Waals surface area (Å²) in [4.78, 5) is 15.5. The largest absolute Gasteiger partial charge is 0.493 e. The van der Waals surface area contributed by atoms with Gasteiger partial charge >= 0.3 is 0 Å². The number of likely N-dealkylation sites (tertiary alicyclic amines) is 1. The number of nitrogens with zero attached hydrogens (tertiary/aromatic N) is 1. The summed E-state index contributed by atoms with van der Waals surface area (Å²) in [6.45, 7) is 1.42.